The van der Waals surface area contributed by atoms with Gasteiger partial charge in [0.25, 0.3) is 0 Å². The second kappa shape index (κ2) is 5.11. The molecule has 0 bridgehead atoms. The molecule has 1 unspecified atom stereocenters. The van der Waals surface area contributed by atoms with Crippen molar-refractivity contribution in [2.75, 3.05) is 0 Å². The van der Waals surface area contributed by atoms with Crippen molar-refractivity contribution in [1.82, 2.24) is 4.98 Å². The Bertz CT molecular complexity index is 469. The lowest BCUT2D eigenvalue weighted by molar-refractivity contribution is 0.738. The number of benzene rings is 1. The molecule has 2 aromatic rings. The third-order valence-corrected chi connectivity index (χ3v) is 2.76. The zero-order chi connectivity index (χ0) is 12.3. The van der Waals surface area contributed by atoms with Crippen LogP contribution in [0.1, 0.15) is 18.2 Å². The minimum atomic E-state index is 0.210. The quantitative estimate of drug-likeness (QED) is 0.874. The maximum absolute atomic E-state index is 5.78. The smallest absolute Gasteiger partial charge is 0.0373 e. The van der Waals surface area contributed by atoms with Crippen LogP contribution in [0.25, 0.3) is 11.1 Å². The summed E-state index contributed by atoms with van der Waals surface area (Å²) in [5.74, 6) is 0. The van der Waals surface area contributed by atoms with Crippen molar-refractivity contribution >= 4 is 0 Å². The molecule has 2 heteroatoms. The van der Waals surface area contributed by atoms with Crippen molar-refractivity contribution in [1.29, 1.82) is 0 Å². The average molecular weight is 226 g/mol. The number of aryl methyl sites for hydroxylation is 1. The Morgan fingerprint density at radius 1 is 1.06 bits per heavy atom. The lowest BCUT2D eigenvalue weighted by Gasteiger charge is -2.06. The SMILES string of the molecule is Cc1ccc(-c2ccc(CC(C)N)cc2)cn1. The molecular formula is C15H18N2. The summed E-state index contributed by atoms with van der Waals surface area (Å²) in [5.41, 5.74) is 10.5. The molecule has 1 aromatic heterocycles. The molecule has 2 N–H and O–H groups in total. The molecule has 2 rings (SSSR count). The highest BCUT2D eigenvalue weighted by molar-refractivity contribution is 5.62. The van der Waals surface area contributed by atoms with Gasteiger partial charge in [-0.3, -0.25) is 4.98 Å². The van der Waals surface area contributed by atoms with Crippen LogP contribution in [-0.2, 0) is 6.42 Å². The summed E-state index contributed by atoms with van der Waals surface area (Å²) >= 11 is 0. The van der Waals surface area contributed by atoms with Crippen LogP contribution in [0, 0.1) is 6.92 Å². The van der Waals surface area contributed by atoms with Crippen molar-refractivity contribution in [2.24, 2.45) is 5.73 Å². The van der Waals surface area contributed by atoms with E-state index in [4.69, 9.17) is 5.73 Å². The van der Waals surface area contributed by atoms with Crippen LogP contribution in [-0.4, -0.2) is 11.0 Å². The molecular weight excluding hydrogens is 208 g/mol. The van der Waals surface area contributed by atoms with Gasteiger partial charge in [0.1, 0.15) is 0 Å². The Balaban J connectivity index is 2.20. The summed E-state index contributed by atoms with van der Waals surface area (Å²) in [5, 5.41) is 0. The fraction of sp³-hybridized carbons (Fsp3) is 0.267. The second-order valence-electron chi connectivity index (χ2n) is 4.57. The number of rotatable bonds is 3. The first kappa shape index (κ1) is 11.8. The average Bonchev–Trinajstić information content (AvgIpc) is 2.30. The number of hydrogen-bond donors (Lipinski definition) is 1. The van der Waals surface area contributed by atoms with Gasteiger partial charge < -0.3 is 5.73 Å². The molecule has 0 aliphatic rings. The number of nitrogens with zero attached hydrogens (tertiary/aromatic N) is 1. The van der Waals surface area contributed by atoms with Gasteiger partial charge in [0, 0.05) is 23.5 Å². The molecule has 0 saturated carbocycles. The van der Waals surface area contributed by atoms with E-state index in [1.165, 1.54) is 11.1 Å². The molecule has 0 fully saturated rings. The minimum Gasteiger partial charge on any atom is -0.328 e. The first-order valence-corrected chi connectivity index (χ1v) is 5.93. The zero-order valence-electron chi connectivity index (χ0n) is 10.4. The maximum atomic E-state index is 5.78. The van der Waals surface area contributed by atoms with Crippen LogP contribution >= 0.6 is 0 Å². The molecule has 2 nitrogen and oxygen atoms in total. The lowest BCUT2D eigenvalue weighted by Crippen LogP contribution is -2.17. The first-order chi connectivity index (χ1) is 8.15. The minimum absolute atomic E-state index is 0.210. The number of hydrogen-bond acceptors (Lipinski definition) is 2. The van der Waals surface area contributed by atoms with E-state index in [1.807, 2.05) is 26.1 Å². The van der Waals surface area contributed by atoms with Crippen molar-refractivity contribution in [3.05, 3.63) is 53.9 Å². The Labute approximate surface area is 103 Å². The van der Waals surface area contributed by atoms with Gasteiger partial charge in [0.2, 0.25) is 0 Å². The highest BCUT2D eigenvalue weighted by Crippen LogP contribution is 2.19. The van der Waals surface area contributed by atoms with Crippen LogP contribution in [0.2, 0.25) is 0 Å². The molecule has 0 aliphatic carbocycles. The largest absolute Gasteiger partial charge is 0.328 e. The first-order valence-electron chi connectivity index (χ1n) is 5.93. The van der Waals surface area contributed by atoms with E-state index in [0.717, 1.165) is 17.7 Å². The Morgan fingerprint density at radius 3 is 2.24 bits per heavy atom. The van der Waals surface area contributed by atoms with Crippen molar-refractivity contribution in [3.63, 3.8) is 0 Å². The zero-order valence-corrected chi connectivity index (χ0v) is 10.4. The molecule has 17 heavy (non-hydrogen) atoms. The van der Waals surface area contributed by atoms with E-state index in [0.29, 0.717) is 0 Å². The van der Waals surface area contributed by atoms with Crippen molar-refractivity contribution < 1.29 is 0 Å². The summed E-state index contributed by atoms with van der Waals surface area (Å²) < 4.78 is 0. The fourth-order valence-electron chi connectivity index (χ4n) is 1.84. The van der Waals surface area contributed by atoms with E-state index in [2.05, 4.69) is 35.3 Å². The monoisotopic (exact) mass is 226 g/mol. The van der Waals surface area contributed by atoms with E-state index >= 15 is 0 Å². The van der Waals surface area contributed by atoms with Gasteiger partial charge in [0.05, 0.1) is 0 Å². The van der Waals surface area contributed by atoms with E-state index in [-0.39, 0.29) is 6.04 Å². The molecule has 0 saturated heterocycles. The maximum Gasteiger partial charge on any atom is 0.0373 e. The second-order valence-corrected chi connectivity index (χ2v) is 4.57. The molecule has 1 heterocycles. The summed E-state index contributed by atoms with van der Waals surface area (Å²) in [4.78, 5) is 4.31. The summed E-state index contributed by atoms with van der Waals surface area (Å²) in [6.45, 7) is 4.02. The number of nitrogens with two attached hydrogens (primary N) is 1. The van der Waals surface area contributed by atoms with Gasteiger partial charge in [-0.25, -0.2) is 0 Å². The molecule has 0 spiro atoms. The standard InChI is InChI=1S/C15H18N2/c1-11(16)9-13-4-7-14(8-5-13)15-6-3-12(2)17-10-15/h3-8,10-11H,9,16H2,1-2H3. The van der Waals surface area contributed by atoms with E-state index < -0.39 is 0 Å². The number of pyridine rings is 1. The highest BCUT2D eigenvalue weighted by atomic mass is 14.7. The molecule has 0 amide bonds. The topological polar surface area (TPSA) is 38.9 Å². The molecule has 0 radical (unpaired) electrons. The summed E-state index contributed by atoms with van der Waals surface area (Å²) in [6.07, 6.45) is 2.84. The summed E-state index contributed by atoms with van der Waals surface area (Å²) in [7, 11) is 0. The van der Waals surface area contributed by atoms with Gasteiger partial charge >= 0.3 is 0 Å². The Hall–Kier alpha value is -1.67. The van der Waals surface area contributed by atoms with Gasteiger partial charge in [-0.1, -0.05) is 30.3 Å². The van der Waals surface area contributed by atoms with Gasteiger partial charge in [-0.15, -0.1) is 0 Å². The van der Waals surface area contributed by atoms with Gasteiger partial charge in [-0.05, 0) is 37.5 Å². The number of aromatic nitrogens is 1. The van der Waals surface area contributed by atoms with Crippen LogP contribution in [0.15, 0.2) is 42.6 Å². The predicted molar refractivity (Wildman–Crippen MR) is 71.8 cm³/mol. The predicted octanol–water partition coefficient (Wildman–Crippen LogP) is 2.95. The van der Waals surface area contributed by atoms with E-state index in [9.17, 15) is 0 Å². The Morgan fingerprint density at radius 2 is 1.71 bits per heavy atom. The van der Waals surface area contributed by atoms with Gasteiger partial charge in [-0.2, -0.15) is 0 Å². The lowest BCUT2D eigenvalue weighted by atomic mass is 10.0. The molecule has 1 atom stereocenters. The summed E-state index contributed by atoms with van der Waals surface area (Å²) in [6, 6.07) is 12.9. The van der Waals surface area contributed by atoms with Crippen LogP contribution in [0.3, 0.4) is 0 Å². The van der Waals surface area contributed by atoms with Crippen LogP contribution in [0.4, 0.5) is 0 Å². The van der Waals surface area contributed by atoms with Crippen molar-refractivity contribution in [3.8, 4) is 11.1 Å². The Kier molecular flexibility index (Phi) is 3.55. The van der Waals surface area contributed by atoms with Gasteiger partial charge in [0.15, 0.2) is 0 Å². The fourth-order valence-corrected chi connectivity index (χ4v) is 1.84. The normalized spacial score (nSPS) is 12.4. The third-order valence-electron chi connectivity index (χ3n) is 2.76. The van der Waals surface area contributed by atoms with Crippen LogP contribution in [0.5, 0.6) is 0 Å². The van der Waals surface area contributed by atoms with Crippen molar-refractivity contribution in [2.45, 2.75) is 26.3 Å². The molecule has 88 valence electrons. The molecule has 0 aliphatic heterocycles. The highest BCUT2D eigenvalue weighted by Gasteiger charge is 2.00. The van der Waals surface area contributed by atoms with Crippen LogP contribution < -0.4 is 5.73 Å². The third kappa shape index (κ3) is 3.14. The van der Waals surface area contributed by atoms with E-state index in [1.54, 1.807) is 0 Å². The molecule has 1 aromatic carbocycles.